The summed E-state index contributed by atoms with van der Waals surface area (Å²) in [5.74, 6) is -1.23. The first-order chi connectivity index (χ1) is 9.80. The zero-order valence-corrected chi connectivity index (χ0v) is 12.7. The molecule has 1 atom stereocenters. The normalized spacial score (nSPS) is 20.1. The fourth-order valence-corrected chi connectivity index (χ4v) is 3.23. The molecule has 7 heteroatoms. The molecule has 2 rings (SSSR count). The molecule has 1 aliphatic rings. The molecular formula is C14H19FN2O3S. The van der Waals surface area contributed by atoms with Crippen LogP contribution in [0.15, 0.2) is 23.1 Å². The van der Waals surface area contributed by atoms with Crippen LogP contribution in [0.4, 0.5) is 4.39 Å². The van der Waals surface area contributed by atoms with Gasteiger partial charge in [0.05, 0.1) is 0 Å². The molecule has 0 bridgehead atoms. The number of nitrogens with zero attached hydrogens (tertiary/aromatic N) is 1. The van der Waals surface area contributed by atoms with Crippen molar-refractivity contribution in [2.45, 2.75) is 43.5 Å². The number of amides is 1. The molecule has 1 saturated heterocycles. The highest BCUT2D eigenvalue weighted by Crippen LogP contribution is 2.21. The van der Waals surface area contributed by atoms with Crippen LogP contribution < -0.4 is 5.14 Å². The summed E-state index contributed by atoms with van der Waals surface area (Å²) in [5, 5.41) is 4.96. The fraction of sp³-hybridized carbons (Fsp3) is 0.500. The minimum absolute atomic E-state index is 0.0861. The Balaban J connectivity index is 2.35. The first kappa shape index (κ1) is 15.9. The second-order valence-electron chi connectivity index (χ2n) is 5.39. The van der Waals surface area contributed by atoms with Crippen LogP contribution in [0.3, 0.4) is 0 Å². The van der Waals surface area contributed by atoms with Gasteiger partial charge in [-0.05, 0) is 38.0 Å². The standard InChI is InChI=1S/C14H19FN2O3S/c1-10-5-3-2-4-8-17(10)14(18)11-6-7-12(15)13(9-11)21(16,19)20/h6-7,9-10H,2-5,8H2,1H3,(H2,16,19,20). The quantitative estimate of drug-likeness (QED) is 0.905. The highest BCUT2D eigenvalue weighted by atomic mass is 32.2. The van der Waals surface area contributed by atoms with Gasteiger partial charge < -0.3 is 4.90 Å². The summed E-state index contributed by atoms with van der Waals surface area (Å²) in [4.78, 5) is 13.6. The highest BCUT2D eigenvalue weighted by molar-refractivity contribution is 7.89. The van der Waals surface area contributed by atoms with E-state index in [1.165, 1.54) is 6.07 Å². The van der Waals surface area contributed by atoms with Crippen molar-refractivity contribution in [3.8, 4) is 0 Å². The van der Waals surface area contributed by atoms with Gasteiger partial charge in [-0.2, -0.15) is 0 Å². The minimum Gasteiger partial charge on any atom is -0.336 e. The van der Waals surface area contributed by atoms with Crippen molar-refractivity contribution < 1.29 is 17.6 Å². The summed E-state index contributed by atoms with van der Waals surface area (Å²) in [5.41, 5.74) is 0.147. The van der Waals surface area contributed by atoms with Gasteiger partial charge in [-0.15, -0.1) is 0 Å². The Hall–Kier alpha value is -1.47. The third-order valence-corrected chi connectivity index (χ3v) is 4.72. The van der Waals surface area contributed by atoms with E-state index in [-0.39, 0.29) is 17.5 Å². The number of sulfonamides is 1. The number of primary sulfonamides is 1. The van der Waals surface area contributed by atoms with Crippen molar-refractivity contribution in [1.29, 1.82) is 0 Å². The maximum absolute atomic E-state index is 13.5. The number of halogens is 1. The summed E-state index contributed by atoms with van der Waals surface area (Å²) in [6.07, 6.45) is 3.96. The maximum atomic E-state index is 13.5. The number of nitrogens with two attached hydrogens (primary N) is 1. The van der Waals surface area contributed by atoms with E-state index in [4.69, 9.17) is 5.14 Å². The van der Waals surface area contributed by atoms with Crippen molar-refractivity contribution in [3.63, 3.8) is 0 Å². The Morgan fingerprint density at radius 1 is 1.33 bits per heavy atom. The van der Waals surface area contributed by atoms with Crippen molar-refractivity contribution in [3.05, 3.63) is 29.6 Å². The number of likely N-dealkylation sites (tertiary alicyclic amines) is 1. The van der Waals surface area contributed by atoms with Crippen LogP contribution >= 0.6 is 0 Å². The molecule has 1 unspecified atom stereocenters. The Bertz CT molecular complexity index is 646. The topological polar surface area (TPSA) is 80.5 Å². The molecular weight excluding hydrogens is 295 g/mol. The third-order valence-electron chi connectivity index (χ3n) is 3.80. The van der Waals surface area contributed by atoms with Gasteiger partial charge in [-0.1, -0.05) is 12.8 Å². The second kappa shape index (κ2) is 6.11. The summed E-state index contributed by atoms with van der Waals surface area (Å²) in [7, 11) is -4.19. The molecule has 1 fully saturated rings. The van der Waals surface area contributed by atoms with Crippen LogP contribution in [0.2, 0.25) is 0 Å². The molecule has 0 radical (unpaired) electrons. The maximum Gasteiger partial charge on any atom is 0.254 e. The lowest BCUT2D eigenvalue weighted by Crippen LogP contribution is -2.38. The predicted octanol–water partition coefficient (Wildman–Crippen LogP) is 1.88. The number of rotatable bonds is 2. The molecule has 1 aliphatic heterocycles. The van der Waals surface area contributed by atoms with Crippen LogP contribution in [-0.2, 0) is 10.0 Å². The molecule has 2 N–H and O–H groups in total. The SMILES string of the molecule is CC1CCCCCN1C(=O)c1ccc(F)c(S(N)(=O)=O)c1. The number of hydrogen-bond acceptors (Lipinski definition) is 3. The average molecular weight is 314 g/mol. The van der Waals surface area contributed by atoms with Crippen LogP contribution in [0.5, 0.6) is 0 Å². The number of benzene rings is 1. The van der Waals surface area contributed by atoms with Gasteiger partial charge in [0, 0.05) is 18.2 Å². The number of hydrogen-bond donors (Lipinski definition) is 1. The minimum atomic E-state index is -4.19. The summed E-state index contributed by atoms with van der Waals surface area (Å²) >= 11 is 0. The molecule has 0 aliphatic carbocycles. The van der Waals surface area contributed by atoms with E-state index >= 15 is 0 Å². The smallest absolute Gasteiger partial charge is 0.254 e. The van der Waals surface area contributed by atoms with E-state index in [0.29, 0.717) is 6.54 Å². The molecule has 1 amide bonds. The number of carbonyl (C=O) groups is 1. The first-order valence-corrected chi connectivity index (χ1v) is 8.48. The van der Waals surface area contributed by atoms with Gasteiger partial charge in [0.2, 0.25) is 10.0 Å². The molecule has 1 aromatic rings. The van der Waals surface area contributed by atoms with Crippen molar-refractivity contribution in [2.24, 2.45) is 5.14 Å². The lowest BCUT2D eigenvalue weighted by molar-refractivity contribution is 0.0697. The van der Waals surface area contributed by atoms with Gasteiger partial charge in [-0.25, -0.2) is 17.9 Å². The monoisotopic (exact) mass is 314 g/mol. The van der Waals surface area contributed by atoms with E-state index < -0.39 is 20.7 Å². The average Bonchev–Trinajstić information content (AvgIpc) is 2.62. The van der Waals surface area contributed by atoms with E-state index in [1.807, 2.05) is 6.92 Å². The predicted molar refractivity (Wildman–Crippen MR) is 76.7 cm³/mol. The van der Waals surface area contributed by atoms with Gasteiger partial charge >= 0.3 is 0 Å². The van der Waals surface area contributed by atoms with Gasteiger partial charge in [0.1, 0.15) is 10.7 Å². The molecule has 21 heavy (non-hydrogen) atoms. The lowest BCUT2D eigenvalue weighted by atomic mass is 10.1. The van der Waals surface area contributed by atoms with Crippen LogP contribution in [-0.4, -0.2) is 31.8 Å². The summed E-state index contributed by atoms with van der Waals surface area (Å²) in [6.45, 7) is 2.59. The fourth-order valence-electron chi connectivity index (χ4n) is 2.60. The van der Waals surface area contributed by atoms with Crippen LogP contribution in [0.25, 0.3) is 0 Å². The molecule has 0 aromatic heterocycles. The lowest BCUT2D eigenvalue weighted by Gasteiger charge is -2.27. The van der Waals surface area contributed by atoms with Crippen molar-refractivity contribution in [2.75, 3.05) is 6.54 Å². The van der Waals surface area contributed by atoms with Crippen LogP contribution in [0.1, 0.15) is 43.0 Å². The molecule has 116 valence electrons. The number of carbonyl (C=O) groups excluding carboxylic acids is 1. The van der Waals surface area contributed by atoms with E-state index in [9.17, 15) is 17.6 Å². The van der Waals surface area contributed by atoms with E-state index in [1.54, 1.807) is 4.90 Å². The van der Waals surface area contributed by atoms with Crippen LogP contribution in [0, 0.1) is 5.82 Å². The van der Waals surface area contributed by atoms with E-state index in [2.05, 4.69) is 0 Å². The Morgan fingerprint density at radius 2 is 2.05 bits per heavy atom. The van der Waals surface area contributed by atoms with Crippen molar-refractivity contribution >= 4 is 15.9 Å². The zero-order valence-electron chi connectivity index (χ0n) is 11.9. The Labute approximate surface area is 124 Å². The van der Waals surface area contributed by atoms with Gasteiger partial charge in [-0.3, -0.25) is 4.79 Å². The third kappa shape index (κ3) is 3.59. The first-order valence-electron chi connectivity index (χ1n) is 6.94. The summed E-state index contributed by atoms with van der Waals surface area (Å²) in [6, 6.07) is 3.37. The molecule has 0 spiro atoms. The molecule has 5 nitrogen and oxygen atoms in total. The zero-order chi connectivity index (χ0) is 15.6. The van der Waals surface area contributed by atoms with Gasteiger partial charge in [0.25, 0.3) is 5.91 Å². The van der Waals surface area contributed by atoms with Crippen molar-refractivity contribution in [1.82, 2.24) is 4.90 Å². The Morgan fingerprint density at radius 3 is 2.71 bits per heavy atom. The largest absolute Gasteiger partial charge is 0.336 e. The highest BCUT2D eigenvalue weighted by Gasteiger charge is 2.25. The molecule has 0 saturated carbocycles. The molecule has 1 heterocycles. The Kier molecular flexibility index (Phi) is 4.63. The summed E-state index contributed by atoms with van der Waals surface area (Å²) < 4.78 is 36.2. The second-order valence-corrected chi connectivity index (χ2v) is 6.92. The van der Waals surface area contributed by atoms with E-state index in [0.717, 1.165) is 37.8 Å². The molecule has 1 aromatic carbocycles. The van der Waals surface area contributed by atoms with Gasteiger partial charge in [0.15, 0.2) is 0 Å².